The Labute approximate surface area is 236 Å². The van der Waals surface area contributed by atoms with Crippen LogP contribution in [0.4, 0.5) is 0 Å². The summed E-state index contributed by atoms with van der Waals surface area (Å²) in [7, 11) is 0. The number of carbonyl (C=O) groups is 2. The molecule has 0 aromatic heterocycles. The first-order valence-electron chi connectivity index (χ1n) is 11.6. The molecule has 2 N–H and O–H groups in total. The van der Waals surface area contributed by atoms with Gasteiger partial charge >= 0.3 is 0 Å². The molecule has 1 aliphatic heterocycles. The van der Waals surface area contributed by atoms with E-state index in [4.69, 9.17) is 52.1 Å². The molecule has 3 aromatic rings. The minimum atomic E-state index is -0.756. The smallest absolute Gasteiger partial charge is 0.240 e. The van der Waals surface area contributed by atoms with Crippen LogP contribution in [0.1, 0.15) is 22.3 Å². The monoisotopic (exact) mass is 572 g/mol. The summed E-state index contributed by atoms with van der Waals surface area (Å²) in [6, 6.07) is 17.4. The fourth-order valence-electron chi connectivity index (χ4n) is 4.10. The van der Waals surface area contributed by atoms with Crippen LogP contribution >= 0.6 is 46.4 Å². The average molecular weight is 574 g/mol. The van der Waals surface area contributed by atoms with Crippen molar-refractivity contribution < 1.29 is 9.59 Å². The molecule has 0 saturated carbocycles. The van der Waals surface area contributed by atoms with Crippen LogP contribution in [0.2, 0.25) is 20.1 Å². The van der Waals surface area contributed by atoms with Gasteiger partial charge in [-0.05, 0) is 66.5 Å². The van der Waals surface area contributed by atoms with Gasteiger partial charge in [-0.1, -0.05) is 88.4 Å². The highest BCUT2D eigenvalue weighted by molar-refractivity contribution is 6.42. The predicted molar refractivity (Wildman–Crippen MR) is 153 cm³/mol. The summed E-state index contributed by atoms with van der Waals surface area (Å²) >= 11 is 24.5. The number of rotatable bonds is 5. The highest BCUT2D eigenvalue weighted by atomic mass is 35.5. The van der Waals surface area contributed by atoms with Crippen LogP contribution in [0.5, 0.6) is 0 Å². The average Bonchev–Trinajstić information content (AvgIpc) is 2.87. The Bertz CT molecular complexity index is 1340. The molecule has 1 heterocycles. The summed E-state index contributed by atoms with van der Waals surface area (Å²) < 4.78 is 0. The fraction of sp³-hybridized carbons (Fsp3) is 0.172. The molecule has 190 valence electrons. The van der Waals surface area contributed by atoms with Crippen molar-refractivity contribution in [1.82, 2.24) is 4.90 Å². The minimum Gasteiger partial charge on any atom is -0.332 e. The molecule has 1 aliphatic rings. The van der Waals surface area contributed by atoms with E-state index in [-0.39, 0.29) is 24.8 Å². The van der Waals surface area contributed by atoms with E-state index >= 15 is 0 Å². The topological polar surface area (TPSA) is 63.4 Å². The number of Topliss-reactive ketones (excluding diaryl/α,β-unsaturated/α-hetero) is 1. The van der Waals surface area contributed by atoms with Crippen molar-refractivity contribution in [1.29, 1.82) is 0 Å². The molecule has 37 heavy (non-hydrogen) atoms. The first-order valence-corrected chi connectivity index (χ1v) is 13.1. The number of hydrogen-bond acceptors (Lipinski definition) is 3. The predicted octanol–water partition coefficient (Wildman–Crippen LogP) is 7.06. The number of benzene rings is 3. The van der Waals surface area contributed by atoms with Crippen molar-refractivity contribution in [3.8, 4) is 0 Å². The summed E-state index contributed by atoms with van der Waals surface area (Å²) in [5.74, 6) is -0.415. The number of ketones is 1. The maximum absolute atomic E-state index is 13.5. The van der Waals surface area contributed by atoms with Crippen LogP contribution in [0.3, 0.4) is 0 Å². The van der Waals surface area contributed by atoms with Crippen molar-refractivity contribution >= 4 is 70.2 Å². The second kappa shape index (κ2) is 11.8. The van der Waals surface area contributed by atoms with Gasteiger partial charge in [-0.2, -0.15) is 0 Å². The van der Waals surface area contributed by atoms with Crippen molar-refractivity contribution in [2.24, 2.45) is 5.73 Å². The van der Waals surface area contributed by atoms with E-state index in [1.54, 1.807) is 53.5 Å². The third kappa shape index (κ3) is 6.84. The molecule has 1 amide bonds. The van der Waals surface area contributed by atoms with Gasteiger partial charge in [-0.25, -0.2) is 0 Å². The van der Waals surface area contributed by atoms with E-state index in [0.29, 0.717) is 48.8 Å². The normalized spacial score (nSPS) is 16.9. The summed E-state index contributed by atoms with van der Waals surface area (Å²) in [6.07, 6.45) is 3.83. The Morgan fingerprint density at radius 3 is 1.78 bits per heavy atom. The molecule has 4 rings (SSSR count). The number of amides is 1. The van der Waals surface area contributed by atoms with E-state index in [9.17, 15) is 9.59 Å². The van der Waals surface area contributed by atoms with Crippen LogP contribution in [0.25, 0.3) is 12.2 Å². The quantitative estimate of drug-likeness (QED) is 0.332. The van der Waals surface area contributed by atoms with E-state index in [1.165, 1.54) is 0 Å². The number of piperidine rings is 1. The zero-order valence-electron chi connectivity index (χ0n) is 20.0. The summed E-state index contributed by atoms with van der Waals surface area (Å²) in [4.78, 5) is 28.5. The molecule has 4 nitrogen and oxygen atoms in total. The van der Waals surface area contributed by atoms with E-state index in [0.717, 1.165) is 11.1 Å². The molecule has 0 radical (unpaired) electrons. The van der Waals surface area contributed by atoms with Crippen LogP contribution in [-0.2, 0) is 16.0 Å². The maximum Gasteiger partial charge on any atom is 0.240 e. The van der Waals surface area contributed by atoms with Crippen LogP contribution in [0.15, 0.2) is 71.8 Å². The Kier molecular flexibility index (Phi) is 8.79. The Hall–Kier alpha value is -2.60. The van der Waals surface area contributed by atoms with E-state index in [1.807, 2.05) is 31.2 Å². The van der Waals surface area contributed by atoms with Gasteiger partial charge < -0.3 is 10.6 Å². The Morgan fingerprint density at radius 1 is 0.838 bits per heavy atom. The van der Waals surface area contributed by atoms with E-state index in [2.05, 4.69) is 0 Å². The number of halogens is 4. The molecule has 0 bridgehead atoms. The standard InChI is InChI=1S/C29H24Cl4N2O2/c1-17-2-4-18(5-3-17)14-27(34)29(37)35-15-21(10-19-6-8-23(30)25(32)12-19)28(36)22(16-35)11-20-7-9-24(31)26(33)13-20/h2-13,27H,14-16,34H2,1H3/b21-10+,22-11+/t27-/m0/s1. The summed E-state index contributed by atoms with van der Waals surface area (Å²) in [5.41, 5.74) is 10.7. The lowest BCUT2D eigenvalue weighted by Gasteiger charge is -2.32. The fourth-order valence-corrected chi connectivity index (χ4v) is 4.71. The second-order valence-corrected chi connectivity index (χ2v) is 10.6. The summed E-state index contributed by atoms with van der Waals surface area (Å²) in [5, 5.41) is 1.58. The molecular weight excluding hydrogens is 550 g/mol. The van der Waals surface area contributed by atoms with Crippen LogP contribution < -0.4 is 5.73 Å². The zero-order valence-corrected chi connectivity index (χ0v) is 23.0. The third-order valence-corrected chi connectivity index (χ3v) is 7.56. The van der Waals surface area contributed by atoms with Crippen LogP contribution in [0, 0.1) is 6.92 Å². The molecule has 1 saturated heterocycles. The Morgan fingerprint density at radius 2 is 1.32 bits per heavy atom. The van der Waals surface area contributed by atoms with Gasteiger partial charge in [0.15, 0.2) is 5.78 Å². The van der Waals surface area contributed by atoms with E-state index < -0.39 is 6.04 Å². The van der Waals surface area contributed by atoms with Gasteiger partial charge in [0.2, 0.25) is 5.91 Å². The lowest BCUT2D eigenvalue weighted by molar-refractivity contribution is -0.132. The molecule has 0 unspecified atom stereocenters. The van der Waals surface area contributed by atoms with Crippen molar-refractivity contribution in [3.63, 3.8) is 0 Å². The van der Waals surface area contributed by atoms with Crippen molar-refractivity contribution in [2.75, 3.05) is 13.1 Å². The van der Waals surface area contributed by atoms with Gasteiger partial charge in [0.25, 0.3) is 0 Å². The molecular formula is C29H24Cl4N2O2. The molecule has 8 heteroatoms. The minimum absolute atomic E-state index is 0.123. The third-order valence-electron chi connectivity index (χ3n) is 6.08. The maximum atomic E-state index is 13.5. The highest BCUT2D eigenvalue weighted by Crippen LogP contribution is 2.28. The van der Waals surface area contributed by atoms with Crippen molar-refractivity contribution in [2.45, 2.75) is 19.4 Å². The van der Waals surface area contributed by atoms with Crippen LogP contribution in [-0.4, -0.2) is 35.7 Å². The number of nitrogens with two attached hydrogens (primary N) is 1. The highest BCUT2D eigenvalue weighted by Gasteiger charge is 2.31. The molecule has 0 aliphatic carbocycles. The summed E-state index contributed by atoms with van der Waals surface area (Å²) in [6.45, 7) is 2.25. The van der Waals surface area contributed by atoms with Gasteiger partial charge in [0.05, 0.1) is 26.1 Å². The zero-order chi connectivity index (χ0) is 26.7. The molecule has 1 atom stereocenters. The number of likely N-dealkylation sites (tertiary alicyclic amines) is 1. The number of carbonyl (C=O) groups excluding carboxylic acids is 2. The second-order valence-electron chi connectivity index (χ2n) is 9.01. The number of nitrogens with zero attached hydrogens (tertiary/aromatic N) is 1. The van der Waals surface area contributed by atoms with Crippen molar-refractivity contribution in [3.05, 3.63) is 114 Å². The lowest BCUT2D eigenvalue weighted by atomic mass is 9.93. The number of aryl methyl sites for hydroxylation is 1. The SMILES string of the molecule is Cc1ccc(C[C@H](N)C(=O)N2C/C(=C\c3ccc(Cl)c(Cl)c3)C(=O)/C(=C/c3ccc(Cl)c(Cl)c3)C2)cc1. The lowest BCUT2D eigenvalue weighted by Crippen LogP contribution is -2.49. The molecule has 3 aromatic carbocycles. The largest absolute Gasteiger partial charge is 0.332 e. The van der Waals surface area contributed by atoms with Gasteiger partial charge in [0, 0.05) is 24.2 Å². The Balaban J connectivity index is 1.67. The number of hydrogen-bond donors (Lipinski definition) is 1. The molecule has 1 fully saturated rings. The van der Waals surface area contributed by atoms with Gasteiger partial charge in [-0.15, -0.1) is 0 Å². The van der Waals surface area contributed by atoms with Gasteiger partial charge in [0.1, 0.15) is 0 Å². The first-order chi connectivity index (χ1) is 17.6. The van der Waals surface area contributed by atoms with Gasteiger partial charge in [-0.3, -0.25) is 9.59 Å². The first kappa shape index (κ1) is 27.4. The molecule has 0 spiro atoms.